The summed E-state index contributed by atoms with van der Waals surface area (Å²) in [6.07, 6.45) is 1.41. The number of nitrogens with zero attached hydrogens (tertiary/aromatic N) is 3. The van der Waals surface area contributed by atoms with Crippen LogP contribution in [-0.2, 0) is 30.7 Å². The summed E-state index contributed by atoms with van der Waals surface area (Å²) in [5.74, 6) is 1.18. The summed E-state index contributed by atoms with van der Waals surface area (Å²) in [5.41, 5.74) is 3.16. The topological polar surface area (TPSA) is 120 Å². The molecule has 0 saturated heterocycles. The Morgan fingerprint density at radius 3 is 2.94 bits per heavy atom. The Kier molecular flexibility index (Phi) is 7.13. The second-order valence-corrected chi connectivity index (χ2v) is 9.09. The lowest BCUT2D eigenvalue weighted by Crippen LogP contribution is -2.42. The number of aromatic nitrogens is 1. The van der Waals surface area contributed by atoms with Crippen molar-refractivity contribution in [2.75, 3.05) is 19.0 Å². The van der Waals surface area contributed by atoms with Crippen LogP contribution in [0.1, 0.15) is 39.4 Å². The zero-order chi connectivity index (χ0) is 24.1. The van der Waals surface area contributed by atoms with Crippen molar-refractivity contribution in [2.24, 2.45) is 0 Å². The molecule has 3 aromatic rings. The third kappa shape index (κ3) is 5.38. The molecule has 2 N–H and O–H groups in total. The van der Waals surface area contributed by atoms with Gasteiger partial charge in [0.1, 0.15) is 16.8 Å². The molecule has 0 radical (unpaired) electrons. The number of carbonyl (C=O) groups is 2. The molecular formula is C24H25N5O4S. The van der Waals surface area contributed by atoms with Gasteiger partial charge in [-0.15, -0.1) is 11.3 Å². The van der Waals surface area contributed by atoms with E-state index in [1.807, 2.05) is 31.2 Å². The van der Waals surface area contributed by atoms with Crippen molar-refractivity contribution in [3.63, 3.8) is 0 Å². The van der Waals surface area contributed by atoms with E-state index >= 15 is 0 Å². The maximum absolute atomic E-state index is 12.6. The normalized spacial score (nSPS) is 12.6. The van der Waals surface area contributed by atoms with Crippen molar-refractivity contribution in [1.82, 2.24) is 15.4 Å². The van der Waals surface area contributed by atoms with E-state index in [4.69, 9.17) is 9.26 Å². The lowest BCUT2D eigenvalue weighted by molar-refractivity contribution is -0.116. The molecule has 0 spiro atoms. The minimum Gasteiger partial charge on any atom is -0.497 e. The number of rotatable bonds is 7. The highest BCUT2D eigenvalue weighted by molar-refractivity contribution is 7.16. The number of anilines is 1. The number of fused-ring (bicyclic) bond motifs is 1. The Bertz CT molecular complexity index is 1240. The van der Waals surface area contributed by atoms with Gasteiger partial charge in [0, 0.05) is 23.9 Å². The third-order valence-corrected chi connectivity index (χ3v) is 6.71. The summed E-state index contributed by atoms with van der Waals surface area (Å²) in [4.78, 5) is 27.8. The fraction of sp³-hybridized carbons (Fsp3) is 0.333. The average Bonchev–Trinajstić information content (AvgIpc) is 3.42. The third-order valence-electron chi connectivity index (χ3n) is 5.57. The van der Waals surface area contributed by atoms with Gasteiger partial charge in [-0.3, -0.25) is 4.79 Å². The first-order valence-electron chi connectivity index (χ1n) is 10.9. The number of amides is 3. The SMILES string of the molecule is COc1cccc(CCC(=O)Nc2sc3c(c2C#N)CCN(C(=O)NCc2cc(C)no2)C3)c1. The van der Waals surface area contributed by atoms with Gasteiger partial charge in [-0.2, -0.15) is 5.26 Å². The number of benzene rings is 1. The first-order valence-corrected chi connectivity index (χ1v) is 11.7. The molecule has 4 rings (SSSR count). The van der Waals surface area contributed by atoms with Crippen molar-refractivity contribution in [3.05, 3.63) is 63.4 Å². The number of thiophene rings is 1. The van der Waals surface area contributed by atoms with Gasteiger partial charge in [0.15, 0.2) is 5.76 Å². The molecule has 3 heterocycles. The predicted molar refractivity (Wildman–Crippen MR) is 127 cm³/mol. The molecule has 0 unspecified atom stereocenters. The fourth-order valence-electron chi connectivity index (χ4n) is 3.83. The minimum atomic E-state index is -0.213. The number of hydrogen-bond donors (Lipinski definition) is 2. The number of nitrogens with one attached hydrogen (secondary N) is 2. The molecule has 3 amide bonds. The van der Waals surface area contributed by atoms with Gasteiger partial charge in [-0.05, 0) is 43.0 Å². The number of nitriles is 1. The summed E-state index contributed by atoms with van der Waals surface area (Å²) in [6, 6.07) is 11.4. The van der Waals surface area contributed by atoms with Crippen LogP contribution in [0.3, 0.4) is 0 Å². The van der Waals surface area contributed by atoms with E-state index in [0.717, 1.165) is 27.4 Å². The second kappa shape index (κ2) is 10.4. The highest BCUT2D eigenvalue weighted by Crippen LogP contribution is 2.36. The molecule has 1 aromatic carbocycles. The number of urea groups is 1. The predicted octanol–water partition coefficient (Wildman–Crippen LogP) is 3.76. The van der Waals surface area contributed by atoms with Crippen LogP contribution in [0.4, 0.5) is 9.80 Å². The highest BCUT2D eigenvalue weighted by Gasteiger charge is 2.27. The zero-order valence-corrected chi connectivity index (χ0v) is 19.8. The van der Waals surface area contributed by atoms with Crippen LogP contribution in [0, 0.1) is 18.3 Å². The van der Waals surface area contributed by atoms with Gasteiger partial charge in [-0.1, -0.05) is 17.3 Å². The van der Waals surface area contributed by atoms with Crippen molar-refractivity contribution < 1.29 is 18.8 Å². The molecule has 9 nitrogen and oxygen atoms in total. The molecule has 2 aromatic heterocycles. The minimum absolute atomic E-state index is 0.158. The Morgan fingerprint density at radius 1 is 1.35 bits per heavy atom. The molecule has 10 heteroatoms. The molecule has 1 aliphatic rings. The standard InChI is InChI=1S/C24H25N5O4S/c1-15-10-18(33-28-15)13-26-24(31)29-9-8-19-20(12-25)23(34-21(19)14-29)27-22(30)7-6-16-4-3-5-17(11-16)32-2/h3-5,10-11H,6-9,13-14H2,1-2H3,(H,26,31)(H,27,30). The van der Waals surface area contributed by atoms with Gasteiger partial charge in [-0.25, -0.2) is 4.79 Å². The Balaban J connectivity index is 1.36. The van der Waals surface area contributed by atoms with Gasteiger partial charge in [0.2, 0.25) is 5.91 Å². The Labute approximate surface area is 201 Å². The Morgan fingerprint density at radius 2 is 2.21 bits per heavy atom. The number of hydrogen-bond acceptors (Lipinski definition) is 7. The van der Waals surface area contributed by atoms with Gasteiger partial charge < -0.3 is 24.8 Å². The van der Waals surface area contributed by atoms with Crippen LogP contribution < -0.4 is 15.4 Å². The second-order valence-electron chi connectivity index (χ2n) is 7.98. The van der Waals surface area contributed by atoms with Gasteiger partial charge in [0.05, 0.1) is 31.5 Å². The van der Waals surface area contributed by atoms with E-state index in [-0.39, 0.29) is 24.9 Å². The first-order chi connectivity index (χ1) is 16.5. The molecule has 0 saturated carbocycles. The number of ether oxygens (including phenoxy) is 1. The average molecular weight is 480 g/mol. The maximum atomic E-state index is 12.6. The molecular weight excluding hydrogens is 454 g/mol. The zero-order valence-electron chi connectivity index (χ0n) is 19.0. The van der Waals surface area contributed by atoms with Crippen molar-refractivity contribution in [1.29, 1.82) is 5.26 Å². The van der Waals surface area contributed by atoms with Crippen LogP contribution in [0.2, 0.25) is 0 Å². The van der Waals surface area contributed by atoms with Crippen LogP contribution >= 0.6 is 11.3 Å². The van der Waals surface area contributed by atoms with Gasteiger partial charge >= 0.3 is 6.03 Å². The number of methoxy groups -OCH3 is 1. The van der Waals surface area contributed by atoms with E-state index in [1.54, 1.807) is 18.1 Å². The fourth-order valence-corrected chi connectivity index (χ4v) is 5.06. The van der Waals surface area contributed by atoms with Crippen molar-refractivity contribution >= 4 is 28.3 Å². The quantitative estimate of drug-likeness (QED) is 0.532. The molecule has 0 atom stereocenters. The van der Waals surface area contributed by atoms with E-state index in [2.05, 4.69) is 21.9 Å². The molecule has 0 fully saturated rings. The van der Waals surface area contributed by atoms with Crippen LogP contribution in [0.25, 0.3) is 0 Å². The molecule has 0 bridgehead atoms. The largest absolute Gasteiger partial charge is 0.497 e. The molecule has 0 aliphatic carbocycles. The van der Waals surface area contributed by atoms with E-state index in [1.165, 1.54) is 11.3 Å². The molecule has 34 heavy (non-hydrogen) atoms. The Hall–Kier alpha value is -3.84. The number of aryl methyl sites for hydroxylation is 2. The van der Waals surface area contributed by atoms with E-state index in [0.29, 0.717) is 42.3 Å². The van der Waals surface area contributed by atoms with Crippen LogP contribution in [0.5, 0.6) is 5.75 Å². The number of carbonyl (C=O) groups excluding carboxylic acids is 2. The van der Waals surface area contributed by atoms with Crippen molar-refractivity contribution in [3.8, 4) is 11.8 Å². The lowest BCUT2D eigenvalue weighted by atomic mass is 10.0. The molecule has 176 valence electrons. The highest BCUT2D eigenvalue weighted by atomic mass is 32.1. The van der Waals surface area contributed by atoms with E-state index < -0.39 is 0 Å². The summed E-state index contributed by atoms with van der Waals surface area (Å²) in [5, 5.41) is 19.8. The van der Waals surface area contributed by atoms with Crippen LogP contribution in [-0.4, -0.2) is 35.6 Å². The van der Waals surface area contributed by atoms with Crippen LogP contribution in [0.15, 0.2) is 34.9 Å². The summed E-state index contributed by atoms with van der Waals surface area (Å²) < 4.78 is 10.3. The first kappa shape index (κ1) is 23.3. The molecule has 1 aliphatic heterocycles. The smallest absolute Gasteiger partial charge is 0.318 e. The maximum Gasteiger partial charge on any atom is 0.318 e. The summed E-state index contributed by atoms with van der Waals surface area (Å²) >= 11 is 1.36. The monoisotopic (exact) mass is 479 g/mol. The summed E-state index contributed by atoms with van der Waals surface area (Å²) in [6.45, 7) is 2.95. The summed E-state index contributed by atoms with van der Waals surface area (Å²) in [7, 11) is 1.61. The van der Waals surface area contributed by atoms with E-state index in [9.17, 15) is 14.9 Å². The lowest BCUT2D eigenvalue weighted by Gasteiger charge is -2.26. The van der Waals surface area contributed by atoms with Crippen molar-refractivity contribution in [2.45, 2.75) is 39.3 Å². The van der Waals surface area contributed by atoms with Gasteiger partial charge in [0.25, 0.3) is 0 Å².